The summed E-state index contributed by atoms with van der Waals surface area (Å²) < 4.78 is 38.9. The van der Waals surface area contributed by atoms with Crippen molar-refractivity contribution in [1.82, 2.24) is 4.90 Å². The van der Waals surface area contributed by atoms with Crippen LogP contribution in [0.1, 0.15) is 46.0 Å². The first-order valence-corrected chi connectivity index (χ1v) is 6.89. The highest BCUT2D eigenvalue weighted by Gasteiger charge is 2.45. The molecule has 0 radical (unpaired) electrons. The van der Waals surface area contributed by atoms with Gasteiger partial charge in [-0.1, -0.05) is 26.7 Å². The smallest absolute Gasteiger partial charge is 0.330 e. The molecule has 1 heterocycles. The minimum atomic E-state index is -4.15. The molecule has 1 fully saturated rings. The van der Waals surface area contributed by atoms with Gasteiger partial charge in [0, 0.05) is 0 Å². The molecule has 0 aliphatic carbocycles. The van der Waals surface area contributed by atoms with Gasteiger partial charge in [0.1, 0.15) is 6.04 Å². The maximum Gasteiger partial charge on any atom is 0.404 e. The number of likely N-dealkylation sites (tertiary alicyclic amines) is 1. The van der Waals surface area contributed by atoms with Crippen molar-refractivity contribution in [2.24, 2.45) is 11.1 Å². The molecule has 2 nitrogen and oxygen atoms in total. The van der Waals surface area contributed by atoms with Crippen LogP contribution in [0, 0.1) is 5.41 Å². The second-order valence-electron chi connectivity index (χ2n) is 5.38. The Balaban J connectivity index is 2.64. The van der Waals surface area contributed by atoms with Gasteiger partial charge in [-0.3, -0.25) is 4.90 Å². The quantitative estimate of drug-likeness (QED) is 0.828. The van der Waals surface area contributed by atoms with Gasteiger partial charge in [0.15, 0.2) is 0 Å². The Labute approximate surface area is 108 Å². The fourth-order valence-electron chi connectivity index (χ4n) is 2.98. The van der Waals surface area contributed by atoms with E-state index in [-0.39, 0.29) is 18.4 Å². The number of hydrogen-bond donors (Lipinski definition) is 1. The van der Waals surface area contributed by atoms with Crippen LogP contribution in [0.2, 0.25) is 0 Å². The Bertz CT molecular complexity index is 239. The van der Waals surface area contributed by atoms with Crippen LogP contribution < -0.4 is 5.73 Å². The SMILES string of the molecule is CCC1(CC)CCN(C(CCN)C(F)(F)F)CC1. The van der Waals surface area contributed by atoms with Gasteiger partial charge in [0.2, 0.25) is 0 Å². The summed E-state index contributed by atoms with van der Waals surface area (Å²) in [4.78, 5) is 1.58. The molecular formula is C13H25F3N2. The lowest BCUT2D eigenvalue weighted by Crippen LogP contribution is -2.51. The third-order valence-corrected chi connectivity index (χ3v) is 4.62. The van der Waals surface area contributed by atoms with E-state index in [0.717, 1.165) is 25.7 Å². The molecule has 1 aliphatic heterocycles. The van der Waals surface area contributed by atoms with Crippen molar-refractivity contribution in [1.29, 1.82) is 0 Å². The zero-order chi connectivity index (χ0) is 13.8. The van der Waals surface area contributed by atoms with E-state index in [1.165, 1.54) is 0 Å². The van der Waals surface area contributed by atoms with Crippen molar-refractivity contribution in [3.05, 3.63) is 0 Å². The summed E-state index contributed by atoms with van der Waals surface area (Å²) >= 11 is 0. The number of nitrogens with two attached hydrogens (primary N) is 1. The van der Waals surface area contributed by atoms with Crippen molar-refractivity contribution >= 4 is 0 Å². The van der Waals surface area contributed by atoms with E-state index < -0.39 is 12.2 Å². The Hall–Kier alpha value is -0.290. The van der Waals surface area contributed by atoms with Crippen LogP contribution in [0.5, 0.6) is 0 Å². The number of halogens is 3. The molecule has 0 aromatic heterocycles. The summed E-state index contributed by atoms with van der Waals surface area (Å²) in [5.74, 6) is 0. The lowest BCUT2D eigenvalue weighted by atomic mass is 9.74. The van der Waals surface area contributed by atoms with Crippen LogP contribution in [0.4, 0.5) is 13.2 Å². The van der Waals surface area contributed by atoms with Gasteiger partial charge in [-0.2, -0.15) is 13.2 Å². The second-order valence-corrected chi connectivity index (χ2v) is 5.38. The van der Waals surface area contributed by atoms with Gasteiger partial charge in [0.25, 0.3) is 0 Å². The van der Waals surface area contributed by atoms with Gasteiger partial charge >= 0.3 is 6.18 Å². The van der Waals surface area contributed by atoms with E-state index in [9.17, 15) is 13.2 Å². The van der Waals surface area contributed by atoms with E-state index in [0.29, 0.717) is 13.1 Å². The van der Waals surface area contributed by atoms with Gasteiger partial charge in [-0.25, -0.2) is 0 Å². The normalized spacial score (nSPS) is 23.0. The third-order valence-electron chi connectivity index (χ3n) is 4.62. The predicted molar refractivity (Wildman–Crippen MR) is 67.3 cm³/mol. The van der Waals surface area contributed by atoms with Crippen molar-refractivity contribution in [2.75, 3.05) is 19.6 Å². The van der Waals surface area contributed by atoms with Crippen LogP contribution in [-0.4, -0.2) is 36.8 Å². The largest absolute Gasteiger partial charge is 0.404 e. The molecule has 0 amide bonds. The zero-order valence-electron chi connectivity index (χ0n) is 11.4. The molecular weight excluding hydrogens is 241 g/mol. The summed E-state index contributed by atoms with van der Waals surface area (Å²) in [5, 5.41) is 0. The maximum atomic E-state index is 13.0. The maximum absolute atomic E-state index is 13.0. The second kappa shape index (κ2) is 6.24. The van der Waals surface area contributed by atoms with Crippen LogP contribution in [0.3, 0.4) is 0 Å². The minimum absolute atomic E-state index is 0.00868. The van der Waals surface area contributed by atoms with Crippen LogP contribution in [0.15, 0.2) is 0 Å². The first-order valence-electron chi connectivity index (χ1n) is 6.89. The Morgan fingerprint density at radius 1 is 1.17 bits per heavy atom. The first-order chi connectivity index (χ1) is 8.38. The van der Waals surface area contributed by atoms with E-state index in [1.807, 2.05) is 0 Å². The minimum Gasteiger partial charge on any atom is -0.330 e. The summed E-state index contributed by atoms with van der Waals surface area (Å²) in [6.45, 7) is 5.46. The molecule has 108 valence electrons. The molecule has 0 saturated carbocycles. The van der Waals surface area contributed by atoms with Gasteiger partial charge in [-0.15, -0.1) is 0 Å². The zero-order valence-corrected chi connectivity index (χ0v) is 11.4. The fraction of sp³-hybridized carbons (Fsp3) is 1.00. The third kappa shape index (κ3) is 3.60. The standard InChI is InChI=1S/C13H25F3N2/c1-3-12(4-2)6-9-18(10-7-12)11(5-8-17)13(14,15)16/h11H,3-10,17H2,1-2H3. The summed E-state index contributed by atoms with van der Waals surface area (Å²) in [6.07, 6.45) is -0.281. The molecule has 2 N–H and O–H groups in total. The lowest BCUT2D eigenvalue weighted by molar-refractivity contribution is -0.190. The van der Waals surface area contributed by atoms with Crippen molar-refractivity contribution in [2.45, 2.75) is 58.2 Å². The number of rotatable bonds is 5. The molecule has 0 spiro atoms. The molecule has 5 heteroatoms. The van der Waals surface area contributed by atoms with Crippen LogP contribution >= 0.6 is 0 Å². The molecule has 0 aromatic carbocycles. The Kier molecular flexibility index (Phi) is 5.46. The molecule has 1 aliphatic rings. The summed E-state index contributed by atoms with van der Waals surface area (Å²) in [7, 11) is 0. The molecule has 0 bridgehead atoms. The summed E-state index contributed by atoms with van der Waals surface area (Å²) in [5.41, 5.74) is 5.57. The first kappa shape index (κ1) is 15.8. The molecule has 18 heavy (non-hydrogen) atoms. The monoisotopic (exact) mass is 266 g/mol. The van der Waals surface area contributed by atoms with E-state index in [1.54, 1.807) is 4.90 Å². The fourth-order valence-corrected chi connectivity index (χ4v) is 2.98. The Morgan fingerprint density at radius 2 is 1.67 bits per heavy atom. The number of hydrogen-bond acceptors (Lipinski definition) is 2. The highest BCUT2D eigenvalue weighted by Crippen LogP contribution is 2.40. The van der Waals surface area contributed by atoms with E-state index in [2.05, 4.69) is 13.8 Å². The number of alkyl halides is 3. The number of nitrogens with zero attached hydrogens (tertiary/aromatic N) is 1. The average molecular weight is 266 g/mol. The summed E-state index contributed by atoms with van der Waals surface area (Å²) in [6, 6.07) is -1.35. The molecule has 1 rings (SSSR count). The highest BCUT2D eigenvalue weighted by molar-refractivity contribution is 4.89. The topological polar surface area (TPSA) is 29.3 Å². The number of piperidine rings is 1. The molecule has 1 saturated heterocycles. The lowest BCUT2D eigenvalue weighted by Gasteiger charge is -2.44. The van der Waals surface area contributed by atoms with Crippen molar-refractivity contribution in [3.8, 4) is 0 Å². The van der Waals surface area contributed by atoms with E-state index >= 15 is 0 Å². The molecule has 1 unspecified atom stereocenters. The van der Waals surface area contributed by atoms with Crippen LogP contribution in [-0.2, 0) is 0 Å². The predicted octanol–water partition coefficient (Wildman–Crippen LogP) is 3.17. The molecule has 1 atom stereocenters. The van der Waals surface area contributed by atoms with Gasteiger partial charge < -0.3 is 5.73 Å². The van der Waals surface area contributed by atoms with Gasteiger partial charge in [0.05, 0.1) is 0 Å². The highest BCUT2D eigenvalue weighted by atomic mass is 19.4. The van der Waals surface area contributed by atoms with Crippen molar-refractivity contribution in [3.63, 3.8) is 0 Å². The van der Waals surface area contributed by atoms with E-state index in [4.69, 9.17) is 5.73 Å². The van der Waals surface area contributed by atoms with Crippen molar-refractivity contribution < 1.29 is 13.2 Å². The van der Waals surface area contributed by atoms with Gasteiger partial charge in [-0.05, 0) is 44.3 Å². The Morgan fingerprint density at radius 3 is 2.00 bits per heavy atom. The van der Waals surface area contributed by atoms with Crippen LogP contribution in [0.25, 0.3) is 0 Å². The molecule has 0 aromatic rings. The average Bonchev–Trinajstić information content (AvgIpc) is 2.35.